The number of nitrogens with one attached hydrogen (secondary N) is 1. The standard InChI is InChI=1S/C19H27N5O4S2/c1-6-11-24-14(4)21-22-19(24)29-13-18(25)20-16-12-15(9-10-17(16)28-5)30(26,27)23(7-2)8-3/h6,9-10,12H,1,7-8,11,13H2,2-5H3,(H,20,25). The predicted octanol–water partition coefficient (Wildman–Crippen LogP) is 2.54. The van der Waals surface area contributed by atoms with Gasteiger partial charge in [0.15, 0.2) is 5.16 Å². The normalized spacial score (nSPS) is 11.5. The second-order valence-corrected chi connectivity index (χ2v) is 9.10. The van der Waals surface area contributed by atoms with Crippen LogP contribution in [0.5, 0.6) is 5.75 Å². The molecule has 1 aromatic carbocycles. The molecule has 0 aliphatic carbocycles. The van der Waals surface area contributed by atoms with E-state index in [1.54, 1.807) is 19.9 Å². The van der Waals surface area contributed by atoms with E-state index in [-0.39, 0.29) is 16.6 Å². The molecular weight excluding hydrogens is 426 g/mol. The van der Waals surface area contributed by atoms with Crippen molar-refractivity contribution in [3.05, 3.63) is 36.7 Å². The maximum Gasteiger partial charge on any atom is 0.243 e. The maximum absolute atomic E-state index is 12.8. The molecule has 0 aliphatic rings. The van der Waals surface area contributed by atoms with Gasteiger partial charge >= 0.3 is 0 Å². The Balaban J connectivity index is 2.19. The third-order valence-corrected chi connectivity index (χ3v) is 7.35. The zero-order valence-corrected chi connectivity index (χ0v) is 19.2. The van der Waals surface area contributed by atoms with Gasteiger partial charge in [-0.3, -0.25) is 4.79 Å². The number of hydrogen-bond acceptors (Lipinski definition) is 7. The minimum atomic E-state index is -3.66. The summed E-state index contributed by atoms with van der Waals surface area (Å²) in [6.07, 6.45) is 1.73. The van der Waals surface area contributed by atoms with Crippen LogP contribution in [0.4, 0.5) is 5.69 Å². The topological polar surface area (TPSA) is 106 Å². The number of anilines is 1. The van der Waals surface area contributed by atoms with Gasteiger partial charge in [-0.1, -0.05) is 31.7 Å². The summed E-state index contributed by atoms with van der Waals surface area (Å²) in [4.78, 5) is 12.6. The number of carbonyl (C=O) groups excluding carboxylic acids is 1. The first-order chi connectivity index (χ1) is 14.3. The van der Waals surface area contributed by atoms with E-state index in [4.69, 9.17) is 4.74 Å². The molecule has 1 heterocycles. The minimum absolute atomic E-state index is 0.0749. The van der Waals surface area contributed by atoms with Crippen molar-refractivity contribution in [2.75, 3.05) is 31.3 Å². The average molecular weight is 454 g/mol. The molecule has 1 aromatic heterocycles. The van der Waals surface area contributed by atoms with Gasteiger partial charge in [0, 0.05) is 19.6 Å². The smallest absolute Gasteiger partial charge is 0.243 e. The quantitative estimate of drug-likeness (QED) is 0.412. The molecule has 1 N–H and O–H groups in total. The lowest BCUT2D eigenvalue weighted by atomic mass is 10.3. The fourth-order valence-electron chi connectivity index (χ4n) is 2.78. The number of nitrogens with zero attached hydrogens (tertiary/aromatic N) is 4. The number of rotatable bonds is 11. The van der Waals surface area contributed by atoms with E-state index in [1.807, 2.05) is 11.5 Å². The molecule has 0 spiro atoms. The van der Waals surface area contributed by atoms with Crippen LogP contribution in [-0.4, -0.2) is 59.3 Å². The van der Waals surface area contributed by atoms with Crippen LogP contribution < -0.4 is 10.1 Å². The highest BCUT2D eigenvalue weighted by molar-refractivity contribution is 7.99. The van der Waals surface area contributed by atoms with Gasteiger partial charge in [0.1, 0.15) is 11.6 Å². The average Bonchev–Trinajstić information content (AvgIpc) is 3.07. The molecule has 0 radical (unpaired) electrons. The van der Waals surface area contributed by atoms with Gasteiger partial charge in [0.25, 0.3) is 0 Å². The Kier molecular flexibility index (Phi) is 8.44. The number of thioether (sulfide) groups is 1. The van der Waals surface area contributed by atoms with Gasteiger partial charge in [0.05, 0.1) is 23.4 Å². The van der Waals surface area contributed by atoms with E-state index >= 15 is 0 Å². The Morgan fingerprint density at radius 2 is 2.03 bits per heavy atom. The molecule has 0 fully saturated rings. The summed E-state index contributed by atoms with van der Waals surface area (Å²) in [5.74, 6) is 0.860. The van der Waals surface area contributed by atoms with Crippen molar-refractivity contribution in [2.45, 2.75) is 37.4 Å². The monoisotopic (exact) mass is 453 g/mol. The Hall–Kier alpha value is -2.37. The van der Waals surface area contributed by atoms with Gasteiger partial charge < -0.3 is 14.6 Å². The van der Waals surface area contributed by atoms with E-state index in [0.717, 1.165) is 5.82 Å². The van der Waals surface area contributed by atoms with Crippen molar-refractivity contribution < 1.29 is 17.9 Å². The number of methoxy groups -OCH3 is 1. The third-order valence-electron chi connectivity index (χ3n) is 4.33. The lowest BCUT2D eigenvalue weighted by Crippen LogP contribution is -2.30. The van der Waals surface area contributed by atoms with Crippen molar-refractivity contribution in [1.82, 2.24) is 19.1 Å². The Morgan fingerprint density at radius 3 is 2.63 bits per heavy atom. The first kappa shape index (κ1) is 23.9. The van der Waals surface area contributed by atoms with Gasteiger partial charge in [-0.05, 0) is 25.1 Å². The molecule has 0 saturated heterocycles. The van der Waals surface area contributed by atoms with Gasteiger partial charge in [-0.15, -0.1) is 16.8 Å². The molecule has 2 rings (SSSR count). The summed E-state index contributed by atoms with van der Waals surface area (Å²) < 4.78 is 34.1. The van der Waals surface area contributed by atoms with Crippen molar-refractivity contribution in [3.63, 3.8) is 0 Å². The number of aromatic nitrogens is 3. The van der Waals surface area contributed by atoms with Gasteiger partial charge in [0.2, 0.25) is 15.9 Å². The van der Waals surface area contributed by atoms with Crippen molar-refractivity contribution in [1.29, 1.82) is 0 Å². The van der Waals surface area contributed by atoms with Crippen LogP contribution in [0.2, 0.25) is 0 Å². The second-order valence-electron chi connectivity index (χ2n) is 6.22. The lowest BCUT2D eigenvalue weighted by molar-refractivity contribution is -0.113. The molecule has 2 aromatic rings. The summed E-state index contributed by atoms with van der Waals surface area (Å²) in [5, 5.41) is 11.4. The van der Waals surface area contributed by atoms with Crippen LogP contribution in [0.1, 0.15) is 19.7 Å². The number of sulfonamides is 1. The molecule has 164 valence electrons. The highest BCUT2D eigenvalue weighted by Crippen LogP contribution is 2.29. The first-order valence-electron chi connectivity index (χ1n) is 9.39. The van der Waals surface area contributed by atoms with Crippen molar-refractivity contribution in [3.8, 4) is 5.75 Å². The molecule has 0 aliphatic heterocycles. The predicted molar refractivity (Wildman–Crippen MR) is 117 cm³/mol. The number of ether oxygens (including phenoxy) is 1. The second kappa shape index (κ2) is 10.6. The number of carbonyl (C=O) groups is 1. The summed E-state index contributed by atoms with van der Waals surface area (Å²) in [6, 6.07) is 4.42. The maximum atomic E-state index is 12.8. The Morgan fingerprint density at radius 1 is 1.33 bits per heavy atom. The van der Waals surface area contributed by atoms with Crippen LogP contribution in [0.25, 0.3) is 0 Å². The lowest BCUT2D eigenvalue weighted by Gasteiger charge is -2.19. The molecule has 11 heteroatoms. The Bertz CT molecular complexity index is 1000. The number of allylic oxidation sites excluding steroid dienone is 1. The summed E-state index contributed by atoms with van der Waals surface area (Å²) >= 11 is 1.23. The Labute approximate surface area is 181 Å². The van der Waals surface area contributed by atoms with E-state index < -0.39 is 10.0 Å². The van der Waals surface area contributed by atoms with Gasteiger partial charge in [-0.2, -0.15) is 4.31 Å². The van der Waals surface area contributed by atoms with Crippen LogP contribution in [-0.2, 0) is 21.4 Å². The molecule has 0 bridgehead atoms. The molecular formula is C19H27N5O4S2. The van der Waals surface area contributed by atoms with E-state index in [0.29, 0.717) is 36.2 Å². The number of aryl methyl sites for hydroxylation is 1. The molecule has 0 saturated carbocycles. The molecule has 1 amide bonds. The van der Waals surface area contributed by atoms with Crippen molar-refractivity contribution >= 4 is 33.4 Å². The molecule has 0 atom stereocenters. The highest BCUT2D eigenvalue weighted by Gasteiger charge is 2.23. The van der Waals surface area contributed by atoms with Crippen LogP contribution in [0.15, 0.2) is 40.9 Å². The third kappa shape index (κ3) is 5.41. The SMILES string of the molecule is C=CCn1c(C)nnc1SCC(=O)Nc1cc(S(=O)(=O)N(CC)CC)ccc1OC. The first-order valence-corrected chi connectivity index (χ1v) is 11.8. The number of amides is 1. The number of hydrogen-bond donors (Lipinski definition) is 1. The molecule has 0 unspecified atom stereocenters. The van der Waals surface area contributed by atoms with Crippen LogP contribution in [0.3, 0.4) is 0 Å². The largest absolute Gasteiger partial charge is 0.495 e. The van der Waals surface area contributed by atoms with Crippen LogP contribution in [0, 0.1) is 6.92 Å². The van der Waals surface area contributed by atoms with E-state index in [2.05, 4.69) is 22.1 Å². The summed E-state index contributed by atoms with van der Waals surface area (Å²) in [5.41, 5.74) is 0.292. The van der Waals surface area contributed by atoms with Crippen LogP contribution >= 0.6 is 11.8 Å². The zero-order chi connectivity index (χ0) is 22.3. The van der Waals surface area contributed by atoms with E-state index in [9.17, 15) is 13.2 Å². The minimum Gasteiger partial charge on any atom is -0.495 e. The highest BCUT2D eigenvalue weighted by atomic mass is 32.2. The van der Waals surface area contributed by atoms with Crippen molar-refractivity contribution in [2.24, 2.45) is 0 Å². The fourth-order valence-corrected chi connectivity index (χ4v) is 5.06. The summed E-state index contributed by atoms with van der Waals surface area (Å²) in [6.45, 7) is 10.3. The van der Waals surface area contributed by atoms with E-state index in [1.165, 1.54) is 41.4 Å². The summed E-state index contributed by atoms with van der Waals surface area (Å²) in [7, 11) is -2.20. The molecule has 30 heavy (non-hydrogen) atoms. The fraction of sp³-hybridized carbons (Fsp3) is 0.421. The molecule has 9 nitrogen and oxygen atoms in total. The number of benzene rings is 1. The van der Waals surface area contributed by atoms with Gasteiger partial charge in [-0.25, -0.2) is 8.42 Å². The zero-order valence-electron chi connectivity index (χ0n) is 17.6.